The van der Waals surface area contributed by atoms with Crippen LogP contribution in [0.15, 0.2) is 22.8 Å². The summed E-state index contributed by atoms with van der Waals surface area (Å²) in [6.45, 7) is 5.82. The van der Waals surface area contributed by atoms with Crippen molar-refractivity contribution in [2.45, 2.75) is 32.2 Å². The second-order valence-electron chi connectivity index (χ2n) is 5.21. The lowest BCUT2D eigenvalue weighted by Gasteiger charge is -2.33. The molecule has 17 heavy (non-hydrogen) atoms. The van der Waals surface area contributed by atoms with Gasteiger partial charge in [-0.2, -0.15) is 0 Å². The number of piperidine rings is 1. The van der Waals surface area contributed by atoms with Gasteiger partial charge < -0.3 is 14.6 Å². The Morgan fingerprint density at radius 1 is 1.47 bits per heavy atom. The third kappa shape index (κ3) is 3.86. The molecule has 0 amide bonds. The molecule has 0 saturated carbocycles. The molecule has 2 heterocycles. The maximum absolute atomic E-state index is 5.33. The molecule has 2 rings (SSSR count). The zero-order valence-electron chi connectivity index (χ0n) is 11.0. The van der Waals surface area contributed by atoms with Crippen LogP contribution in [0, 0.1) is 5.92 Å². The third-order valence-electron chi connectivity index (χ3n) is 3.89. The van der Waals surface area contributed by atoms with Crippen molar-refractivity contribution in [1.29, 1.82) is 0 Å². The molecule has 1 aromatic rings. The van der Waals surface area contributed by atoms with E-state index >= 15 is 0 Å². The Morgan fingerprint density at radius 2 is 2.24 bits per heavy atom. The summed E-state index contributed by atoms with van der Waals surface area (Å²) in [5, 5.41) is 3.63. The van der Waals surface area contributed by atoms with Gasteiger partial charge in [-0.05, 0) is 58.0 Å². The van der Waals surface area contributed by atoms with Gasteiger partial charge in [-0.1, -0.05) is 0 Å². The van der Waals surface area contributed by atoms with Crippen molar-refractivity contribution in [3.63, 3.8) is 0 Å². The Labute approximate surface area is 104 Å². The predicted octanol–water partition coefficient (Wildman–Crippen LogP) is 2.14. The van der Waals surface area contributed by atoms with E-state index in [0.717, 1.165) is 24.6 Å². The number of likely N-dealkylation sites (tertiary alicyclic amines) is 1. The van der Waals surface area contributed by atoms with Gasteiger partial charge in [0.1, 0.15) is 5.76 Å². The third-order valence-corrected chi connectivity index (χ3v) is 3.89. The largest absolute Gasteiger partial charge is 0.469 e. The van der Waals surface area contributed by atoms with Gasteiger partial charge in [-0.15, -0.1) is 0 Å². The van der Waals surface area contributed by atoms with Crippen LogP contribution in [0.4, 0.5) is 0 Å². The van der Waals surface area contributed by atoms with Gasteiger partial charge in [0, 0.05) is 19.0 Å². The maximum Gasteiger partial charge on any atom is 0.105 e. The quantitative estimate of drug-likeness (QED) is 0.849. The monoisotopic (exact) mass is 236 g/mol. The van der Waals surface area contributed by atoms with E-state index in [1.807, 2.05) is 12.1 Å². The molecule has 3 heteroatoms. The molecular formula is C14H24N2O. The molecule has 1 unspecified atom stereocenters. The van der Waals surface area contributed by atoms with Crippen molar-refractivity contribution < 1.29 is 4.42 Å². The van der Waals surface area contributed by atoms with Crippen LogP contribution in [0.2, 0.25) is 0 Å². The van der Waals surface area contributed by atoms with Crippen LogP contribution in [0.3, 0.4) is 0 Å². The van der Waals surface area contributed by atoms with E-state index in [2.05, 4.69) is 24.2 Å². The standard InChI is InChI=1S/C14H24N2O/c1-12(13-6-9-16(2)10-7-13)15-8-5-14-4-3-11-17-14/h3-4,11-13,15H,5-10H2,1-2H3. The van der Waals surface area contributed by atoms with E-state index in [0.29, 0.717) is 6.04 Å². The molecule has 0 aliphatic carbocycles. The van der Waals surface area contributed by atoms with Crippen molar-refractivity contribution in [2.75, 3.05) is 26.7 Å². The number of nitrogens with one attached hydrogen (secondary N) is 1. The average Bonchev–Trinajstić information content (AvgIpc) is 2.83. The fourth-order valence-corrected chi connectivity index (χ4v) is 2.57. The summed E-state index contributed by atoms with van der Waals surface area (Å²) in [6.07, 6.45) is 5.39. The van der Waals surface area contributed by atoms with E-state index in [1.54, 1.807) is 6.26 Å². The Bertz CT molecular complexity index is 302. The number of nitrogens with zero attached hydrogens (tertiary/aromatic N) is 1. The van der Waals surface area contributed by atoms with Gasteiger partial charge in [0.25, 0.3) is 0 Å². The molecule has 0 radical (unpaired) electrons. The Balaban J connectivity index is 1.65. The maximum atomic E-state index is 5.33. The smallest absolute Gasteiger partial charge is 0.105 e. The number of rotatable bonds is 5. The zero-order valence-corrected chi connectivity index (χ0v) is 11.0. The average molecular weight is 236 g/mol. The fourth-order valence-electron chi connectivity index (χ4n) is 2.57. The minimum atomic E-state index is 0.624. The first kappa shape index (κ1) is 12.7. The number of furan rings is 1. The molecule has 1 fully saturated rings. The van der Waals surface area contributed by atoms with Crippen LogP contribution in [0.5, 0.6) is 0 Å². The lowest BCUT2D eigenvalue weighted by Crippen LogP contribution is -2.41. The molecule has 0 spiro atoms. The van der Waals surface area contributed by atoms with Gasteiger partial charge in [0.15, 0.2) is 0 Å². The Morgan fingerprint density at radius 3 is 2.88 bits per heavy atom. The lowest BCUT2D eigenvalue weighted by atomic mass is 9.90. The lowest BCUT2D eigenvalue weighted by molar-refractivity contribution is 0.190. The first-order valence-corrected chi connectivity index (χ1v) is 6.70. The second-order valence-corrected chi connectivity index (χ2v) is 5.21. The van der Waals surface area contributed by atoms with Crippen LogP contribution in [0.1, 0.15) is 25.5 Å². The molecule has 96 valence electrons. The Kier molecular flexibility index (Phi) is 4.63. The normalized spacial score (nSPS) is 20.6. The van der Waals surface area contributed by atoms with Gasteiger partial charge >= 0.3 is 0 Å². The summed E-state index contributed by atoms with van der Waals surface area (Å²) in [7, 11) is 2.21. The highest BCUT2D eigenvalue weighted by Gasteiger charge is 2.21. The number of hydrogen-bond donors (Lipinski definition) is 1. The number of hydrogen-bond acceptors (Lipinski definition) is 3. The minimum absolute atomic E-state index is 0.624. The highest BCUT2D eigenvalue weighted by molar-refractivity contribution is 4.98. The predicted molar refractivity (Wildman–Crippen MR) is 70.1 cm³/mol. The Hall–Kier alpha value is -0.800. The summed E-state index contributed by atoms with van der Waals surface area (Å²) in [6, 6.07) is 4.62. The highest BCUT2D eigenvalue weighted by atomic mass is 16.3. The molecule has 1 aliphatic rings. The minimum Gasteiger partial charge on any atom is -0.469 e. The van der Waals surface area contributed by atoms with Gasteiger partial charge in [0.05, 0.1) is 6.26 Å². The topological polar surface area (TPSA) is 28.4 Å². The summed E-state index contributed by atoms with van der Waals surface area (Å²) in [5.74, 6) is 1.91. The van der Waals surface area contributed by atoms with Crippen LogP contribution in [0.25, 0.3) is 0 Å². The van der Waals surface area contributed by atoms with Gasteiger partial charge in [0.2, 0.25) is 0 Å². The summed E-state index contributed by atoms with van der Waals surface area (Å²) in [4.78, 5) is 2.42. The van der Waals surface area contributed by atoms with Crippen molar-refractivity contribution in [2.24, 2.45) is 5.92 Å². The molecule has 1 saturated heterocycles. The van der Waals surface area contributed by atoms with Crippen LogP contribution < -0.4 is 5.32 Å². The summed E-state index contributed by atoms with van der Waals surface area (Å²) < 4.78 is 5.33. The molecule has 1 atom stereocenters. The molecule has 0 bridgehead atoms. The highest BCUT2D eigenvalue weighted by Crippen LogP contribution is 2.19. The SMILES string of the molecule is CC(NCCc1ccco1)C1CCN(C)CC1. The van der Waals surface area contributed by atoms with E-state index in [1.165, 1.54) is 25.9 Å². The fraction of sp³-hybridized carbons (Fsp3) is 0.714. The van der Waals surface area contributed by atoms with E-state index in [9.17, 15) is 0 Å². The van der Waals surface area contributed by atoms with E-state index in [4.69, 9.17) is 4.42 Å². The summed E-state index contributed by atoms with van der Waals surface area (Å²) in [5.41, 5.74) is 0. The van der Waals surface area contributed by atoms with Gasteiger partial charge in [-0.3, -0.25) is 0 Å². The van der Waals surface area contributed by atoms with Gasteiger partial charge in [-0.25, -0.2) is 0 Å². The molecule has 0 aromatic carbocycles. The zero-order chi connectivity index (χ0) is 12.1. The van der Waals surface area contributed by atoms with E-state index < -0.39 is 0 Å². The van der Waals surface area contributed by atoms with Crippen LogP contribution >= 0.6 is 0 Å². The molecule has 1 aliphatic heterocycles. The summed E-state index contributed by atoms with van der Waals surface area (Å²) >= 11 is 0. The second kappa shape index (κ2) is 6.22. The van der Waals surface area contributed by atoms with Crippen LogP contribution in [-0.4, -0.2) is 37.6 Å². The first-order valence-electron chi connectivity index (χ1n) is 6.70. The molecule has 1 N–H and O–H groups in total. The van der Waals surface area contributed by atoms with Crippen molar-refractivity contribution in [1.82, 2.24) is 10.2 Å². The molecule has 1 aromatic heterocycles. The molecular weight excluding hydrogens is 212 g/mol. The first-order chi connectivity index (χ1) is 8.25. The van der Waals surface area contributed by atoms with Crippen LogP contribution in [-0.2, 0) is 6.42 Å². The van der Waals surface area contributed by atoms with E-state index in [-0.39, 0.29) is 0 Å². The van der Waals surface area contributed by atoms with Crippen molar-refractivity contribution >= 4 is 0 Å². The molecule has 3 nitrogen and oxygen atoms in total. The van der Waals surface area contributed by atoms with Crippen molar-refractivity contribution in [3.05, 3.63) is 24.2 Å². The van der Waals surface area contributed by atoms with Crippen molar-refractivity contribution in [3.8, 4) is 0 Å².